The third-order valence-electron chi connectivity index (χ3n) is 6.61. The van der Waals surface area contributed by atoms with Crippen molar-refractivity contribution in [2.45, 2.75) is 53.4 Å². The largest absolute Gasteiger partial charge is 0.507 e. The lowest BCUT2D eigenvalue weighted by Gasteiger charge is -2.17. The highest BCUT2D eigenvalue weighted by Crippen LogP contribution is 2.25. The number of benzene rings is 2. The lowest BCUT2D eigenvalue weighted by Crippen LogP contribution is -2.24. The number of carbonyl (C=O) groups excluding carboxylic acids is 1. The van der Waals surface area contributed by atoms with Crippen LogP contribution in [-0.2, 0) is 0 Å². The van der Waals surface area contributed by atoms with E-state index in [1.807, 2.05) is 24.3 Å². The Morgan fingerprint density at radius 2 is 1.27 bits per heavy atom. The molecule has 0 bridgehead atoms. The maximum Gasteiger partial charge on any atom is 0.189 e. The van der Waals surface area contributed by atoms with E-state index in [0.717, 1.165) is 76.3 Å². The normalized spacial score (nSPS) is 11.5. The summed E-state index contributed by atoms with van der Waals surface area (Å²) in [6.07, 6.45) is 7.39. The van der Waals surface area contributed by atoms with Gasteiger partial charge in [-0.25, -0.2) is 0 Å². The molecule has 204 valence electrons. The van der Waals surface area contributed by atoms with E-state index >= 15 is 0 Å². The van der Waals surface area contributed by atoms with E-state index in [0.29, 0.717) is 19.0 Å². The standard InChI is InChI=1S/C31H46N2O4/c1-5-32(6-2)21-9-11-23-36-27-16-13-26(14-17-27)15-20-30(34)29-19-18-28(25-31(29)35)37-24-12-10-22-33(7-3)8-4/h13-20,25,35H,5-12,21-24H2,1-4H3/b20-15+. The molecule has 0 heterocycles. The fourth-order valence-electron chi connectivity index (χ4n) is 4.08. The first-order valence-corrected chi connectivity index (χ1v) is 13.9. The van der Waals surface area contributed by atoms with Gasteiger partial charge in [-0.05, 0) is 101 Å². The van der Waals surface area contributed by atoms with E-state index in [2.05, 4.69) is 37.5 Å². The van der Waals surface area contributed by atoms with Gasteiger partial charge in [-0.3, -0.25) is 4.79 Å². The maximum absolute atomic E-state index is 12.6. The van der Waals surface area contributed by atoms with Crippen molar-refractivity contribution < 1.29 is 19.4 Å². The third-order valence-corrected chi connectivity index (χ3v) is 6.61. The summed E-state index contributed by atoms with van der Waals surface area (Å²) in [7, 11) is 0. The number of carbonyl (C=O) groups is 1. The number of ether oxygens (including phenoxy) is 2. The van der Waals surface area contributed by atoms with Crippen LogP contribution in [0, 0.1) is 0 Å². The second-order valence-electron chi connectivity index (χ2n) is 9.11. The van der Waals surface area contributed by atoms with Gasteiger partial charge < -0.3 is 24.4 Å². The Kier molecular flexibility index (Phi) is 14.5. The van der Waals surface area contributed by atoms with Crippen molar-refractivity contribution in [2.75, 3.05) is 52.5 Å². The van der Waals surface area contributed by atoms with Crippen LogP contribution in [-0.4, -0.2) is 73.2 Å². The zero-order valence-corrected chi connectivity index (χ0v) is 23.2. The number of rotatable bonds is 19. The Labute approximate surface area is 223 Å². The van der Waals surface area contributed by atoms with Crippen LogP contribution in [0.1, 0.15) is 69.3 Å². The zero-order chi connectivity index (χ0) is 26.9. The Balaban J connectivity index is 1.76. The van der Waals surface area contributed by atoms with E-state index in [4.69, 9.17) is 9.47 Å². The highest BCUT2D eigenvalue weighted by atomic mass is 16.5. The van der Waals surface area contributed by atoms with Gasteiger partial charge >= 0.3 is 0 Å². The molecule has 2 rings (SSSR count). The minimum atomic E-state index is -0.253. The average molecular weight is 511 g/mol. The molecule has 0 aliphatic heterocycles. The predicted octanol–water partition coefficient (Wildman–Crippen LogP) is 6.29. The summed E-state index contributed by atoms with van der Waals surface area (Å²) in [6, 6.07) is 12.5. The second kappa shape index (κ2) is 17.6. The van der Waals surface area contributed by atoms with Crippen LogP contribution in [0.15, 0.2) is 48.5 Å². The molecule has 0 amide bonds. The maximum atomic E-state index is 12.6. The fourth-order valence-corrected chi connectivity index (χ4v) is 4.08. The summed E-state index contributed by atoms with van der Waals surface area (Å²) in [6.45, 7) is 16.5. The lowest BCUT2D eigenvalue weighted by molar-refractivity contribution is 0.104. The predicted molar refractivity (Wildman–Crippen MR) is 153 cm³/mol. The number of hydrogen-bond donors (Lipinski definition) is 1. The molecular formula is C31H46N2O4. The quantitative estimate of drug-likeness (QED) is 0.136. The van der Waals surface area contributed by atoms with Crippen molar-refractivity contribution in [1.29, 1.82) is 0 Å². The number of allylic oxidation sites excluding steroid dienone is 1. The fraction of sp³-hybridized carbons (Fsp3) is 0.516. The number of ketones is 1. The van der Waals surface area contributed by atoms with Gasteiger partial charge in [0, 0.05) is 6.07 Å². The lowest BCUT2D eigenvalue weighted by atomic mass is 10.1. The molecule has 0 aromatic heterocycles. The van der Waals surface area contributed by atoms with Crippen molar-refractivity contribution in [3.05, 3.63) is 59.7 Å². The monoisotopic (exact) mass is 510 g/mol. The Bertz CT molecular complexity index is 935. The molecule has 2 aromatic carbocycles. The minimum absolute atomic E-state index is 0.0694. The number of phenolic OH excluding ortho intramolecular Hbond substituents is 1. The SMILES string of the molecule is CCN(CC)CCCCOc1ccc(/C=C/C(=O)c2ccc(OCCCCN(CC)CC)cc2O)cc1. The molecule has 2 aromatic rings. The molecule has 0 atom stereocenters. The average Bonchev–Trinajstić information content (AvgIpc) is 2.92. The van der Waals surface area contributed by atoms with Gasteiger partial charge in [0.05, 0.1) is 18.8 Å². The molecule has 0 saturated carbocycles. The molecule has 0 aliphatic rings. The van der Waals surface area contributed by atoms with Gasteiger partial charge in [0.15, 0.2) is 5.78 Å². The smallest absolute Gasteiger partial charge is 0.189 e. The number of aromatic hydroxyl groups is 1. The van der Waals surface area contributed by atoms with Crippen molar-refractivity contribution in [3.63, 3.8) is 0 Å². The summed E-state index contributed by atoms with van der Waals surface area (Å²) in [5, 5.41) is 10.4. The molecule has 0 saturated heterocycles. The van der Waals surface area contributed by atoms with E-state index < -0.39 is 0 Å². The van der Waals surface area contributed by atoms with Crippen molar-refractivity contribution in [2.24, 2.45) is 0 Å². The van der Waals surface area contributed by atoms with Crippen LogP contribution in [0.4, 0.5) is 0 Å². The summed E-state index contributed by atoms with van der Waals surface area (Å²) < 4.78 is 11.6. The molecule has 0 radical (unpaired) electrons. The van der Waals surface area contributed by atoms with Gasteiger partial charge in [-0.15, -0.1) is 0 Å². The first kappa shape index (κ1) is 30.4. The van der Waals surface area contributed by atoms with Gasteiger partial charge in [0.25, 0.3) is 0 Å². The van der Waals surface area contributed by atoms with Gasteiger partial charge in [-0.1, -0.05) is 45.9 Å². The molecule has 37 heavy (non-hydrogen) atoms. The summed E-state index contributed by atoms with van der Waals surface area (Å²) in [4.78, 5) is 17.4. The molecule has 6 nitrogen and oxygen atoms in total. The second-order valence-corrected chi connectivity index (χ2v) is 9.11. The van der Waals surface area contributed by atoms with Crippen molar-refractivity contribution in [1.82, 2.24) is 9.80 Å². The van der Waals surface area contributed by atoms with Crippen molar-refractivity contribution >= 4 is 11.9 Å². The van der Waals surface area contributed by atoms with Crippen LogP contribution in [0.3, 0.4) is 0 Å². The van der Waals surface area contributed by atoms with E-state index in [-0.39, 0.29) is 17.1 Å². The van der Waals surface area contributed by atoms with Crippen LogP contribution in [0.2, 0.25) is 0 Å². The summed E-state index contributed by atoms with van der Waals surface area (Å²) in [5.41, 5.74) is 1.15. The summed E-state index contributed by atoms with van der Waals surface area (Å²) >= 11 is 0. The van der Waals surface area contributed by atoms with Crippen LogP contribution >= 0.6 is 0 Å². The minimum Gasteiger partial charge on any atom is -0.507 e. The highest BCUT2D eigenvalue weighted by Gasteiger charge is 2.10. The van der Waals surface area contributed by atoms with E-state index in [1.54, 1.807) is 18.2 Å². The molecule has 0 aliphatic carbocycles. The Hall–Kier alpha value is -2.83. The highest BCUT2D eigenvalue weighted by molar-refractivity contribution is 6.08. The van der Waals surface area contributed by atoms with Gasteiger partial charge in [0.2, 0.25) is 0 Å². The molecular weight excluding hydrogens is 464 g/mol. The first-order valence-electron chi connectivity index (χ1n) is 13.9. The van der Waals surface area contributed by atoms with Crippen LogP contribution in [0.5, 0.6) is 17.2 Å². The molecule has 1 N–H and O–H groups in total. The number of hydrogen-bond acceptors (Lipinski definition) is 6. The molecule has 0 unspecified atom stereocenters. The number of phenols is 1. The van der Waals surface area contributed by atoms with Gasteiger partial charge in [0.1, 0.15) is 17.2 Å². The third kappa shape index (κ3) is 11.4. The van der Waals surface area contributed by atoms with E-state index in [9.17, 15) is 9.90 Å². The van der Waals surface area contributed by atoms with E-state index in [1.165, 1.54) is 12.1 Å². The Morgan fingerprint density at radius 1 is 0.757 bits per heavy atom. The van der Waals surface area contributed by atoms with Crippen LogP contribution in [0.25, 0.3) is 6.08 Å². The molecule has 0 spiro atoms. The topological polar surface area (TPSA) is 62.2 Å². The van der Waals surface area contributed by atoms with Crippen molar-refractivity contribution in [3.8, 4) is 17.2 Å². The molecule has 6 heteroatoms. The number of nitrogens with zero attached hydrogens (tertiary/aromatic N) is 2. The zero-order valence-electron chi connectivity index (χ0n) is 23.2. The Morgan fingerprint density at radius 3 is 1.78 bits per heavy atom. The van der Waals surface area contributed by atoms with Crippen LogP contribution < -0.4 is 9.47 Å². The summed E-state index contributed by atoms with van der Waals surface area (Å²) in [5.74, 6) is 1.08. The first-order chi connectivity index (χ1) is 18.0. The molecule has 0 fully saturated rings. The number of unbranched alkanes of at least 4 members (excludes halogenated alkanes) is 2. The van der Waals surface area contributed by atoms with Gasteiger partial charge in [-0.2, -0.15) is 0 Å².